The number of hydrogen-bond acceptors (Lipinski definition) is 5. The predicted molar refractivity (Wildman–Crippen MR) is 156 cm³/mol. The lowest BCUT2D eigenvalue weighted by Gasteiger charge is -2.08. The van der Waals surface area contributed by atoms with Crippen LogP contribution < -0.4 is 5.32 Å². The highest BCUT2D eigenvalue weighted by molar-refractivity contribution is 7.13. The van der Waals surface area contributed by atoms with Gasteiger partial charge in [-0.1, -0.05) is 36.4 Å². The van der Waals surface area contributed by atoms with Crippen LogP contribution in [0.15, 0.2) is 97.5 Å². The highest BCUT2D eigenvalue weighted by Gasteiger charge is 2.16. The summed E-state index contributed by atoms with van der Waals surface area (Å²) in [5.74, 6) is -0.101. The average Bonchev–Trinajstić information content (AvgIpc) is 3.71. The number of halogens is 1. The maximum absolute atomic E-state index is 13.7. The average molecular weight is 545 g/mol. The minimum absolute atomic E-state index is 0.101. The second kappa shape index (κ2) is 9.87. The van der Waals surface area contributed by atoms with Gasteiger partial charge in [-0.05, 0) is 53.6 Å². The molecule has 0 aliphatic heterocycles. The number of H-pyrrole nitrogens is 2. The number of anilines is 1. The van der Waals surface area contributed by atoms with Crippen molar-refractivity contribution < 1.29 is 9.18 Å². The second-order valence-electron chi connectivity index (χ2n) is 9.41. The van der Waals surface area contributed by atoms with Crippen LogP contribution in [0.4, 0.5) is 10.1 Å². The molecule has 9 heteroatoms. The number of rotatable bonds is 6. The molecule has 0 bridgehead atoms. The first kappa shape index (κ1) is 23.9. The Morgan fingerprint density at radius 3 is 2.60 bits per heavy atom. The number of aromatic amines is 2. The number of amides is 1. The molecular weight excluding hydrogens is 523 g/mol. The lowest BCUT2D eigenvalue weighted by Crippen LogP contribution is -2.14. The number of carbonyl (C=O) groups excluding carboxylic acids is 1. The van der Waals surface area contributed by atoms with Crippen molar-refractivity contribution in [2.24, 2.45) is 0 Å². The summed E-state index contributed by atoms with van der Waals surface area (Å²) in [4.78, 5) is 25.7. The van der Waals surface area contributed by atoms with Crippen molar-refractivity contribution in [3.63, 3.8) is 0 Å². The van der Waals surface area contributed by atoms with Gasteiger partial charge < -0.3 is 10.3 Å². The van der Waals surface area contributed by atoms with Gasteiger partial charge in [0, 0.05) is 34.2 Å². The molecule has 7 rings (SSSR count). The summed E-state index contributed by atoms with van der Waals surface area (Å²) in [6.45, 7) is 0. The highest BCUT2D eigenvalue weighted by atomic mass is 32.1. The monoisotopic (exact) mass is 544 g/mol. The van der Waals surface area contributed by atoms with E-state index >= 15 is 0 Å². The minimum atomic E-state index is -0.246. The Morgan fingerprint density at radius 1 is 0.875 bits per heavy atom. The number of benzene rings is 2. The van der Waals surface area contributed by atoms with Gasteiger partial charge in [0.1, 0.15) is 5.69 Å². The van der Waals surface area contributed by atoms with Crippen LogP contribution >= 0.6 is 11.3 Å². The second-order valence-corrected chi connectivity index (χ2v) is 10.4. The van der Waals surface area contributed by atoms with Gasteiger partial charge in [0.15, 0.2) is 5.13 Å². The smallest absolute Gasteiger partial charge is 0.228 e. The maximum Gasteiger partial charge on any atom is 0.228 e. The molecule has 0 unspecified atom stereocenters. The van der Waals surface area contributed by atoms with E-state index in [9.17, 15) is 9.18 Å². The van der Waals surface area contributed by atoms with Crippen LogP contribution in [0.1, 0.15) is 5.56 Å². The molecule has 7 aromatic rings. The van der Waals surface area contributed by atoms with Crippen molar-refractivity contribution in [2.75, 3.05) is 5.32 Å². The molecule has 0 aliphatic carbocycles. The number of pyridine rings is 2. The number of hydrogen-bond donors (Lipinski definition) is 3. The largest absolute Gasteiger partial charge is 0.353 e. The molecular formula is C31H21FN6OS. The van der Waals surface area contributed by atoms with Gasteiger partial charge >= 0.3 is 0 Å². The molecule has 0 spiro atoms. The quantitative estimate of drug-likeness (QED) is 0.206. The third-order valence-electron chi connectivity index (χ3n) is 6.74. The summed E-state index contributed by atoms with van der Waals surface area (Å²) in [5.41, 5.74) is 7.48. The van der Waals surface area contributed by atoms with Crippen LogP contribution in [0.2, 0.25) is 0 Å². The van der Waals surface area contributed by atoms with E-state index in [4.69, 9.17) is 0 Å². The summed E-state index contributed by atoms with van der Waals surface area (Å²) in [6, 6.07) is 24.7. The Balaban J connectivity index is 1.21. The number of nitrogens with one attached hydrogen (secondary N) is 3. The van der Waals surface area contributed by atoms with Crippen molar-refractivity contribution in [3.8, 4) is 33.1 Å². The van der Waals surface area contributed by atoms with Crippen molar-refractivity contribution >= 4 is 44.7 Å². The van der Waals surface area contributed by atoms with Crippen molar-refractivity contribution in [3.05, 3.63) is 108 Å². The lowest BCUT2D eigenvalue weighted by molar-refractivity contribution is -0.115. The highest BCUT2D eigenvalue weighted by Crippen LogP contribution is 2.36. The molecule has 40 heavy (non-hydrogen) atoms. The Morgan fingerprint density at radius 2 is 1.75 bits per heavy atom. The van der Waals surface area contributed by atoms with E-state index in [1.807, 2.05) is 60.7 Å². The first-order valence-electron chi connectivity index (χ1n) is 12.6. The molecule has 7 nitrogen and oxygen atoms in total. The number of fused-ring (bicyclic) bond motifs is 2. The lowest BCUT2D eigenvalue weighted by atomic mass is 10.0. The van der Waals surface area contributed by atoms with Crippen molar-refractivity contribution in [1.29, 1.82) is 0 Å². The molecule has 194 valence electrons. The molecule has 0 saturated heterocycles. The van der Waals surface area contributed by atoms with Gasteiger partial charge in [-0.25, -0.2) is 0 Å². The maximum atomic E-state index is 13.7. The van der Waals surface area contributed by atoms with Crippen LogP contribution in [0.25, 0.3) is 54.9 Å². The van der Waals surface area contributed by atoms with E-state index in [1.54, 1.807) is 24.7 Å². The number of thiophene rings is 1. The van der Waals surface area contributed by atoms with Crippen molar-refractivity contribution in [2.45, 2.75) is 6.42 Å². The van der Waals surface area contributed by atoms with Crippen LogP contribution in [0.3, 0.4) is 0 Å². The van der Waals surface area contributed by atoms with Gasteiger partial charge in [0.25, 0.3) is 0 Å². The molecule has 0 saturated carbocycles. The summed E-state index contributed by atoms with van der Waals surface area (Å²) in [6.07, 6.45) is 5.42. The SMILES string of the molecule is O=C(Cc1ccccc1)Nc1cncc(-c2ccc3[nH]nc(-c4cc5c(-c6ccc(F)s6)nccc5[nH]4)c3c2)c1. The summed E-state index contributed by atoms with van der Waals surface area (Å²) >= 11 is 1.07. The van der Waals surface area contributed by atoms with Gasteiger partial charge in [-0.3, -0.25) is 19.9 Å². The molecule has 0 fully saturated rings. The molecule has 5 heterocycles. The predicted octanol–water partition coefficient (Wildman–Crippen LogP) is 7.22. The zero-order valence-electron chi connectivity index (χ0n) is 21.0. The molecule has 2 aromatic carbocycles. The zero-order chi connectivity index (χ0) is 27.1. The van der Waals surface area contributed by atoms with E-state index in [0.717, 1.165) is 71.8 Å². The normalized spacial score (nSPS) is 11.3. The molecule has 0 radical (unpaired) electrons. The number of carbonyl (C=O) groups is 1. The Labute approximate surface area is 231 Å². The van der Waals surface area contributed by atoms with E-state index < -0.39 is 0 Å². The first-order valence-corrected chi connectivity index (χ1v) is 13.4. The third kappa shape index (κ3) is 4.52. The van der Waals surface area contributed by atoms with Gasteiger partial charge in [-0.2, -0.15) is 9.49 Å². The van der Waals surface area contributed by atoms with Crippen LogP contribution in [0, 0.1) is 5.13 Å². The van der Waals surface area contributed by atoms with Gasteiger partial charge in [0.05, 0.1) is 40.1 Å². The number of nitrogens with zero attached hydrogens (tertiary/aromatic N) is 3. The third-order valence-corrected chi connectivity index (χ3v) is 7.62. The summed E-state index contributed by atoms with van der Waals surface area (Å²) in [5, 5.41) is 12.2. The molecule has 0 atom stereocenters. The molecule has 3 N–H and O–H groups in total. The van der Waals surface area contributed by atoms with E-state index in [0.29, 0.717) is 12.1 Å². The first-order chi connectivity index (χ1) is 19.6. The van der Waals surface area contributed by atoms with Crippen molar-refractivity contribution in [1.82, 2.24) is 25.1 Å². The fraction of sp³-hybridized carbons (Fsp3) is 0.0323. The molecule has 0 aliphatic rings. The Bertz CT molecular complexity index is 2010. The van der Waals surface area contributed by atoms with E-state index in [-0.39, 0.29) is 11.0 Å². The van der Waals surface area contributed by atoms with Crippen LogP contribution in [0.5, 0.6) is 0 Å². The number of aromatic nitrogens is 5. The van der Waals surface area contributed by atoms with Gasteiger partial charge in [-0.15, -0.1) is 11.3 Å². The minimum Gasteiger partial charge on any atom is -0.353 e. The fourth-order valence-electron chi connectivity index (χ4n) is 4.87. The molecule has 5 aromatic heterocycles. The van der Waals surface area contributed by atoms with Crippen LogP contribution in [-0.2, 0) is 11.2 Å². The fourth-order valence-corrected chi connectivity index (χ4v) is 5.61. The Kier molecular flexibility index (Phi) is 5.90. The standard InChI is InChI=1S/C31H21FN6OS/c32-28-9-8-27(40-28)31-23-15-26(36-24(23)10-11-34-31)30-22-14-19(6-7-25(22)37-38-30)20-13-21(17-33-16-20)35-29(39)12-18-4-2-1-3-5-18/h1-11,13-17,36H,12H2,(H,35,39)(H,37,38). The summed E-state index contributed by atoms with van der Waals surface area (Å²) in [7, 11) is 0. The van der Waals surface area contributed by atoms with Gasteiger partial charge in [0.2, 0.25) is 5.91 Å². The molecule has 1 amide bonds. The zero-order valence-corrected chi connectivity index (χ0v) is 21.8. The van der Waals surface area contributed by atoms with Crippen LogP contribution in [-0.4, -0.2) is 31.1 Å². The van der Waals surface area contributed by atoms with E-state index in [1.165, 1.54) is 6.07 Å². The van der Waals surface area contributed by atoms with E-state index in [2.05, 4.69) is 36.5 Å². The topological polar surface area (TPSA) is 99.3 Å². The Hall–Kier alpha value is -5.15. The summed E-state index contributed by atoms with van der Waals surface area (Å²) < 4.78 is 13.7.